The van der Waals surface area contributed by atoms with Crippen LogP contribution in [0.15, 0.2) is 12.4 Å². The van der Waals surface area contributed by atoms with Gasteiger partial charge in [-0.15, -0.1) is 0 Å². The minimum absolute atomic E-state index is 0.778. The zero-order valence-electron chi connectivity index (χ0n) is 14.3. The van der Waals surface area contributed by atoms with Crippen molar-refractivity contribution in [3.63, 3.8) is 0 Å². The molecule has 1 rings (SSSR count). The highest BCUT2D eigenvalue weighted by molar-refractivity contribution is 8.13. The maximum atomic E-state index is 11.4. The average molecular weight is 447 g/mol. The molecule has 0 unspecified atom stereocenters. The number of halogens is 6. The van der Waals surface area contributed by atoms with Crippen molar-refractivity contribution < 1.29 is 47.7 Å². The molecule has 27 heavy (non-hydrogen) atoms. The van der Waals surface area contributed by atoms with Gasteiger partial charge < -0.3 is 4.13 Å². The molecule has 1 N–H and O–H groups in total. The summed E-state index contributed by atoms with van der Waals surface area (Å²) in [6.45, 7) is 5.52. The van der Waals surface area contributed by atoms with Crippen molar-refractivity contribution in [3.8, 4) is 0 Å². The molecule has 15 heteroatoms. The van der Waals surface area contributed by atoms with Crippen molar-refractivity contribution in [2.45, 2.75) is 57.1 Å². The molecule has 1 aromatic rings. The van der Waals surface area contributed by atoms with Gasteiger partial charge in [0.05, 0.1) is 6.54 Å². The van der Waals surface area contributed by atoms with E-state index in [4.69, 9.17) is 0 Å². The maximum Gasteiger partial charge on any atom is 0.480 e. The first-order valence-electron chi connectivity index (χ1n) is 7.45. The van der Waals surface area contributed by atoms with Gasteiger partial charge >= 0.3 is 11.0 Å². The van der Waals surface area contributed by atoms with E-state index in [2.05, 4.69) is 29.6 Å². The van der Waals surface area contributed by atoms with Crippen LogP contribution in [-0.4, -0.2) is 32.8 Å². The molecule has 0 radical (unpaired) electrons. The molecular formula is C12H19F6N3O4S2. The van der Waals surface area contributed by atoms with Crippen molar-refractivity contribution >= 4 is 20.0 Å². The van der Waals surface area contributed by atoms with Gasteiger partial charge in [0, 0.05) is 6.92 Å². The molecule has 0 aliphatic rings. The topological polar surface area (TPSA) is 102 Å². The quantitative estimate of drug-likeness (QED) is 0.394. The van der Waals surface area contributed by atoms with Crippen LogP contribution in [0.4, 0.5) is 26.3 Å². The van der Waals surface area contributed by atoms with Crippen molar-refractivity contribution in [1.29, 1.82) is 0 Å². The van der Waals surface area contributed by atoms with Crippen molar-refractivity contribution in [2.24, 2.45) is 0 Å². The highest BCUT2D eigenvalue weighted by Crippen LogP contribution is 2.36. The zero-order chi connectivity index (χ0) is 21.5. The number of aromatic amines is 1. The lowest BCUT2D eigenvalue weighted by Crippen LogP contribution is -2.34. The number of sulfonamides is 2. The number of hydrogen-bond acceptors (Lipinski definition) is 4. The molecule has 0 aliphatic carbocycles. The summed E-state index contributed by atoms with van der Waals surface area (Å²) in [5.41, 5.74) is -12.4. The zero-order valence-corrected chi connectivity index (χ0v) is 15.9. The highest BCUT2D eigenvalue weighted by Gasteiger charge is 2.46. The smallest absolute Gasteiger partial charge is 0.421 e. The monoisotopic (exact) mass is 447 g/mol. The maximum absolute atomic E-state index is 11.4. The number of unbranched alkanes of at least 4 members (excludes halogenated alkanes) is 3. The Hall–Kier alpha value is -1.35. The molecule has 7 nitrogen and oxygen atoms in total. The number of alkyl halides is 6. The van der Waals surface area contributed by atoms with E-state index in [-0.39, 0.29) is 0 Å². The summed E-state index contributed by atoms with van der Waals surface area (Å²) >= 11 is 0. The Bertz CT molecular complexity index is 743. The molecular weight excluding hydrogens is 428 g/mol. The third-order valence-electron chi connectivity index (χ3n) is 3.01. The van der Waals surface area contributed by atoms with E-state index in [9.17, 15) is 43.2 Å². The fourth-order valence-corrected chi connectivity index (χ4v) is 3.32. The summed E-state index contributed by atoms with van der Waals surface area (Å²) in [5, 5.41) is 0. The Morgan fingerprint density at radius 1 is 0.963 bits per heavy atom. The molecule has 0 saturated carbocycles. The molecule has 0 aromatic carbocycles. The van der Waals surface area contributed by atoms with Crippen LogP contribution in [-0.2, 0) is 26.6 Å². The van der Waals surface area contributed by atoms with Gasteiger partial charge in [0.15, 0.2) is 20.0 Å². The Labute approximate surface area is 152 Å². The first-order chi connectivity index (χ1) is 12.0. The molecule has 1 aromatic heterocycles. The van der Waals surface area contributed by atoms with Gasteiger partial charge in [-0.05, 0) is 12.8 Å². The number of aryl methyl sites for hydroxylation is 2. The lowest BCUT2D eigenvalue weighted by molar-refractivity contribution is -0.702. The fourth-order valence-electron chi connectivity index (χ4n) is 1.61. The predicted octanol–water partition coefficient (Wildman–Crippen LogP) is 3.25. The molecule has 0 aliphatic heterocycles. The Kier molecular flexibility index (Phi) is 9.24. The second kappa shape index (κ2) is 9.73. The van der Waals surface area contributed by atoms with Gasteiger partial charge in [-0.2, -0.15) is 26.3 Å². The van der Waals surface area contributed by atoms with Crippen LogP contribution in [0.3, 0.4) is 0 Å². The molecule has 160 valence electrons. The standard InChI is InChI=1S/C10H18N2.C2F6NO4S2/c1-3-4-5-6-8-12-9-7-11-10(12)2;3-1(4,5)14(10,11)9-15(12,13)2(6,7)8/h7,9H,3-6,8H2,1-2H3;/q;-1/p+1. The van der Waals surface area contributed by atoms with Crippen molar-refractivity contribution in [2.75, 3.05) is 0 Å². The average Bonchev–Trinajstić information content (AvgIpc) is 2.86. The number of imidazole rings is 1. The first kappa shape index (κ1) is 25.6. The number of aromatic nitrogens is 2. The summed E-state index contributed by atoms with van der Waals surface area (Å²) in [6.07, 6.45) is 9.45. The minimum Gasteiger partial charge on any atom is -0.421 e. The van der Waals surface area contributed by atoms with Crippen LogP contribution in [0.2, 0.25) is 0 Å². The van der Waals surface area contributed by atoms with E-state index in [1.54, 1.807) is 0 Å². The van der Waals surface area contributed by atoms with E-state index in [1.807, 2.05) is 6.20 Å². The largest absolute Gasteiger partial charge is 0.480 e. The Balaban J connectivity index is 0.000000511. The van der Waals surface area contributed by atoms with E-state index < -0.39 is 31.1 Å². The number of H-pyrrole nitrogens is 1. The highest BCUT2D eigenvalue weighted by atomic mass is 32.3. The minimum atomic E-state index is -6.72. The SMILES string of the molecule is CCCCCC[n+]1cc[nH]c1C.O=S(=O)([N-]S(=O)(=O)C(F)(F)F)C(F)(F)F. The fraction of sp³-hybridized carbons (Fsp3) is 0.750. The van der Waals surface area contributed by atoms with Crippen LogP contribution in [0, 0.1) is 6.92 Å². The Morgan fingerprint density at radius 2 is 1.44 bits per heavy atom. The van der Waals surface area contributed by atoms with Gasteiger partial charge in [0.25, 0.3) is 5.82 Å². The van der Waals surface area contributed by atoms with Gasteiger partial charge in [0.1, 0.15) is 12.4 Å². The van der Waals surface area contributed by atoms with Gasteiger partial charge in [-0.1, -0.05) is 19.8 Å². The first-order valence-corrected chi connectivity index (χ1v) is 10.3. The third kappa shape index (κ3) is 8.47. The number of hydrogen-bond donors (Lipinski definition) is 1. The van der Waals surface area contributed by atoms with Gasteiger partial charge in [-0.25, -0.2) is 26.4 Å². The summed E-state index contributed by atoms with van der Waals surface area (Å²) in [4.78, 5) is 3.17. The van der Waals surface area contributed by atoms with Crippen molar-refractivity contribution in [1.82, 2.24) is 4.98 Å². The van der Waals surface area contributed by atoms with Crippen LogP contribution < -0.4 is 4.57 Å². The van der Waals surface area contributed by atoms with E-state index in [1.165, 1.54) is 31.5 Å². The van der Waals surface area contributed by atoms with E-state index >= 15 is 0 Å². The summed E-state index contributed by atoms with van der Waals surface area (Å²) in [6, 6.07) is 0. The van der Waals surface area contributed by atoms with E-state index in [0.717, 1.165) is 10.7 Å². The lowest BCUT2D eigenvalue weighted by Gasteiger charge is -2.22. The summed E-state index contributed by atoms with van der Waals surface area (Å²) in [7, 11) is -13.4. The second-order valence-electron chi connectivity index (χ2n) is 5.22. The molecule has 0 bridgehead atoms. The van der Waals surface area contributed by atoms with Crippen LogP contribution in [0.25, 0.3) is 4.13 Å². The summed E-state index contributed by atoms with van der Waals surface area (Å²) < 4.78 is 111. The van der Waals surface area contributed by atoms with Gasteiger partial charge in [0.2, 0.25) is 0 Å². The number of nitrogens with zero attached hydrogens (tertiary/aromatic N) is 2. The van der Waals surface area contributed by atoms with Crippen LogP contribution >= 0.6 is 0 Å². The second-order valence-corrected chi connectivity index (χ2v) is 8.64. The summed E-state index contributed by atoms with van der Waals surface area (Å²) in [5.74, 6) is 1.26. The molecule has 0 saturated heterocycles. The van der Waals surface area contributed by atoms with Gasteiger partial charge in [-0.3, -0.25) is 0 Å². The molecule has 0 amide bonds. The number of rotatable bonds is 7. The molecule has 0 atom stereocenters. The normalized spacial score (nSPS) is 13.2. The Morgan fingerprint density at radius 3 is 1.78 bits per heavy atom. The molecule has 0 fully saturated rings. The number of nitrogens with one attached hydrogen (secondary N) is 1. The molecule has 0 spiro atoms. The van der Waals surface area contributed by atoms with E-state index in [0.29, 0.717) is 0 Å². The van der Waals surface area contributed by atoms with Crippen LogP contribution in [0.5, 0.6) is 0 Å². The van der Waals surface area contributed by atoms with Crippen molar-refractivity contribution in [3.05, 3.63) is 22.3 Å². The lowest BCUT2D eigenvalue weighted by atomic mass is 10.2. The predicted molar refractivity (Wildman–Crippen MR) is 83.2 cm³/mol. The third-order valence-corrected chi connectivity index (χ3v) is 5.75. The van der Waals surface area contributed by atoms with Crippen LogP contribution in [0.1, 0.15) is 38.4 Å². The molecule has 1 heterocycles.